The van der Waals surface area contributed by atoms with E-state index in [1.807, 2.05) is 0 Å². The number of nitrogens with zero attached hydrogens (tertiary/aromatic N) is 4. The first kappa shape index (κ1) is 17.1. The Hall–Kier alpha value is -3.28. The molecule has 0 fully saturated rings. The second-order valence-corrected chi connectivity index (χ2v) is 4.41. The lowest BCUT2D eigenvalue weighted by Gasteiger charge is -2.06. The van der Waals surface area contributed by atoms with Gasteiger partial charge in [-0.05, 0) is 36.4 Å². The van der Waals surface area contributed by atoms with Crippen molar-refractivity contribution in [3.05, 3.63) is 59.9 Å². The smallest absolute Gasteiger partial charge is 0.276 e. The number of anilines is 1. The minimum Gasteiger partial charge on any atom is -0.276 e. The number of hydrogen-bond donors (Lipinski definition) is 1. The quantitative estimate of drug-likeness (QED) is 0.285. The summed E-state index contributed by atoms with van der Waals surface area (Å²) in [6.07, 6.45) is -4.43. The van der Waals surface area contributed by atoms with Crippen molar-refractivity contribution in [3.8, 4) is 6.07 Å². The monoisotopic (exact) mass is 335 g/mol. The van der Waals surface area contributed by atoms with Gasteiger partial charge in [-0.3, -0.25) is 5.43 Å². The molecule has 0 aromatic heterocycles. The van der Waals surface area contributed by atoms with E-state index >= 15 is 0 Å². The lowest BCUT2D eigenvalue weighted by atomic mass is 10.2. The highest BCUT2D eigenvalue weighted by Gasteiger charge is 2.29. The van der Waals surface area contributed by atoms with Crippen LogP contribution in [-0.2, 0) is 6.18 Å². The molecule has 0 aliphatic rings. The number of nitrogens with one attached hydrogen (secondary N) is 1. The maximum absolute atomic E-state index is 13.0. The van der Waals surface area contributed by atoms with Crippen molar-refractivity contribution < 1.29 is 17.6 Å². The highest BCUT2D eigenvalue weighted by atomic mass is 19.4. The molecule has 1 N–H and O–H groups in total. The van der Waals surface area contributed by atoms with Crippen LogP contribution in [0.1, 0.15) is 5.56 Å². The predicted octanol–water partition coefficient (Wildman–Crippen LogP) is 4.88. The van der Waals surface area contributed by atoms with Crippen molar-refractivity contribution in [2.24, 2.45) is 15.3 Å². The average molecular weight is 335 g/mol. The van der Waals surface area contributed by atoms with Gasteiger partial charge in [-0.2, -0.15) is 18.4 Å². The SMILES string of the molecule is N#CC(N=Nc1cccc(F)c1)=NNc1ccc(C(F)(F)F)cc1. The summed E-state index contributed by atoms with van der Waals surface area (Å²) in [5.74, 6) is -0.885. The maximum Gasteiger partial charge on any atom is 0.416 e. The summed E-state index contributed by atoms with van der Waals surface area (Å²) in [6.45, 7) is 0. The molecule has 2 aromatic rings. The van der Waals surface area contributed by atoms with Crippen LogP contribution in [-0.4, -0.2) is 5.84 Å². The van der Waals surface area contributed by atoms with Crippen LogP contribution in [0, 0.1) is 17.1 Å². The summed E-state index contributed by atoms with van der Waals surface area (Å²) in [6, 6.07) is 10.9. The standard InChI is InChI=1S/C15H9F4N5/c16-11-2-1-3-13(8-11)22-24-14(9-20)23-21-12-6-4-10(5-7-12)15(17,18)19/h1-8,21H. The molecule has 122 valence electrons. The molecule has 0 bridgehead atoms. The van der Waals surface area contributed by atoms with Gasteiger partial charge in [0, 0.05) is 6.07 Å². The number of rotatable bonds is 3. The molecule has 5 nitrogen and oxygen atoms in total. The van der Waals surface area contributed by atoms with Crippen LogP contribution in [0.2, 0.25) is 0 Å². The van der Waals surface area contributed by atoms with E-state index in [0.717, 1.165) is 30.3 Å². The van der Waals surface area contributed by atoms with Gasteiger partial charge in [0.25, 0.3) is 5.84 Å². The minimum absolute atomic E-state index is 0.187. The summed E-state index contributed by atoms with van der Waals surface area (Å²) in [5.41, 5.74) is 2.01. The van der Waals surface area contributed by atoms with Crippen LogP contribution in [0.15, 0.2) is 63.9 Å². The van der Waals surface area contributed by atoms with Crippen LogP contribution in [0.5, 0.6) is 0 Å². The van der Waals surface area contributed by atoms with Crippen LogP contribution in [0.25, 0.3) is 0 Å². The number of alkyl halides is 3. The van der Waals surface area contributed by atoms with Crippen LogP contribution >= 0.6 is 0 Å². The zero-order valence-electron chi connectivity index (χ0n) is 11.9. The van der Waals surface area contributed by atoms with E-state index in [-0.39, 0.29) is 17.2 Å². The average Bonchev–Trinajstić information content (AvgIpc) is 2.55. The lowest BCUT2D eigenvalue weighted by molar-refractivity contribution is -0.137. The number of halogens is 4. The van der Waals surface area contributed by atoms with E-state index in [1.54, 1.807) is 6.07 Å². The molecule has 0 heterocycles. The topological polar surface area (TPSA) is 72.9 Å². The van der Waals surface area contributed by atoms with Gasteiger partial charge in [-0.15, -0.1) is 15.3 Å². The first-order valence-corrected chi connectivity index (χ1v) is 6.47. The number of hydrazone groups is 1. The molecule has 0 spiro atoms. The Labute approximate surface area is 134 Å². The molecule has 0 saturated carbocycles. The van der Waals surface area contributed by atoms with Gasteiger partial charge in [0.2, 0.25) is 0 Å². The van der Waals surface area contributed by atoms with Crippen molar-refractivity contribution in [2.75, 3.05) is 5.43 Å². The Morgan fingerprint density at radius 3 is 2.38 bits per heavy atom. The number of benzene rings is 2. The van der Waals surface area contributed by atoms with Gasteiger partial charge >= 0.3 is 6.18 Å². The third kappa shape index (κ3) is 4.88. The Morgan fingerprint density at radius 2 is 1.79 bits per heavy atom. The van der Waals surface area contributed by atoms with Crippen LogP contribution in [0.4, 0.5) is 28.9 Å². The van der Waals surface area contributed by atoms with Gasteiger partial charge in [-0.1, -0.05) is 6.07 Å². The van der Waals surface area contributed by atoms with Crippen molar-refractivity contribution in [2.45, 2.75) is 6.18 Å². The molecule has 24 heavy (non-hydrogen) atoms. The fraction of sp³-hybridized carbons (Fsp3) is 0.0667. The van der Waals surface area contributed by atoms with E-state index < -0.39 is 17.6 Å². The molecule has 2 rings (SSSR count). The van der Waals surface area contributed by atoms with Crippen molar-refractivity contribution in [1.29, 1.82) is 5.26 Å². The lowest BCUT2D eigenvalue weighted by Crippen LogP contribution is -2.04. The summed E-state index contributed by atoms with van der Waals surface area (Å²) in [4.78, 5) is 0. The fourth-order valence-electron chi connectivity index (χ4n) is 1.56. The first-order valence-electron chi connectivity index (χ1n) is 6.47. The van der Waals surface area contributed by atoms with E-state index in [2.05, 4.69) is 20.8 Å². The summed E-state index contributed by atoms with van der Waals surface area (Å²) in [5, 5.41) is 19.7. The highest BCUT2D eigenvalue weighted by Crippen LogP contribution is 2.29. The van der Waals surface area contributed by atoms with Crippen molar-refractivity contribution in [1.82, 2.24) is 0 Å². The number of amidine groups is 1. The van der Waals surface area contributed by atoms with Crippen molar-refractivity contribution >= 4 is 17.2 Å². The molecule has 0 unspecified atom stereocenters. The van der Waals surface area contributed by atoms with Gasteiger partial charge in [0.1, 0.15) is 11.9 Å². The number of nitriles is 1. The van der Waals surface area contributed by atoms with Gasteiger partial charge < -0.3 is 0 Å². The summed E-state index contributed by atoms with van der Waals surface area (Å²) in [7, 11) is 0. The zero-order chi connectivity index (χ0) is 17.6. The van der Waals surface area contributed by atoms with Gasteiger partial charge in [0.15, 0.2) is 0 Å². The summed E-state index contributed by atoms with van der Waals surface area (Å²) >= 11 is 0. The molecular formula is C15H9F4N5. The molecule has 9 heteroatoms. The summed E-state index contributed by atoms with van der Waals surface area (Å²) < 4.78 is 50.3. The second kappa shape index (κ2) is 7.32. The fourth-order valence-corrected chi connectivity index (χ4v) is 1.56. The normalized spacial score (nSPS) is 12.2. The molecule has 0 aliphatic carbocycles. The highest BCUT2D eigenvalue weighted by molar-refractivity contribution is 5.97. The molecule has 0 amide bonds. The van der Waals surface area contributed by atoms with E-state index in [1.165, 1.54) is 18.2 Å². The maximum atomic E-state index is 13.0. The largest absolute Gasteiger partial charge is 0.416 e. The molecule has 0 saturated heterocycles. The Morgan fingerprint density at radius 1 is 1.08 bits per heavy atom. The minimum atomic E-state index is -4.43. The molecule has 0 atom stereocenters. The third-order valence-corrected chi connectivity index (χ3v) is 2.67. The van der Waals surface area contributed by atoms with Crippen molar-refractivity contribution in [3.63, 3.8) is 0 Å². The number of azo groups is 1. The van der Waals surface area contributed by atoms with Crippen LogP contribution in [0.3, 0.4) is 0 Å². The Kier molecular flexibility index (Phi) is 5.21. The molecule has 0 aliphatic heterocycles. The van der Waals surface area contributed by atoms with Gasteiger partial charge in [-0.25, -0.2) is 4.39 Å². The second-order valence-electron chi connectivity index (χ2n) is 4.41. The molecule has 0 radical (unpaired) electrons. The third-order valence-electron chi connectivity index (χ3n) is 2.67. The first-order chi connectivity index (χ1) is 11.4. The number of hydrogen-bond acceptors (Lipinski definition) is 4. The van der Waals surface area contributed by atoms with Crippen LogP contribution < -0.4 is 5.43 Å². The van der Waals surface area contributed by atoms with E-state index in [9.17, 15) is 17.6 Å². The van der Waals surface area contributed by atoms with Gasteiger partial charge in [0.05, 0.1) is 16.9 Å². The molecule has 2 aromatic carbocycles. The predicted molar refractivity (Wildman–Crippen MR) is 79.0 cm³/mol. The zero-order valence-corrected chi connectivity index (χ0v) is 11.9. The van der Waals surface area contributed by atoms with E-state index in [0.29, 0.717) is 0 Å². The molecular weight excluding hydrogens is 326 g/mol. The van der Waals surface area contributed by atoms with E-state index in [4.69, 9.17) is 5.26 Å². The Balaban J connectivity index is 2.07. The Bertz CT molecular complexity index is 804.